The van der Waals surface area contributed by atoms with Crippen molar-refractivity contribution in [2.45, 2.75) is 19.8 Å². The number of aromatic nitrogens is 2. The van der Waals surface area contributed by atoms with E-state index in [4.69, 9.17) is 25.8 Å². The number of halogens is 1. The standard InChI is InChI=1S/C28H34ClN5O4/c1-19-4-5-21(15-23(19)29)32-28-22-16-25(26(38-13-12-37-3)17-24(22)30-18-31-28)33-27(35)14-20-6-8-34(9-7-20)10-11-36-2/h4-5,14-18H,6-13H2,1-3H3,(H,33,35)(H,30,31,32). The number of fused-ring (bicyclic) bond motifs is 1. The molecule has 38 heavy (non-hydrogen) atoms. The summed E-state index contributed by atoms with van der Waals surface area (Å²) in [5, 5.41) is 7.72. The predicted molar refractivity (Wildman–Crippen MR) is 151 cm³/mol. The molecule has 1 saturated heterocycles. The summed E-state index contributed by atoms with van der Waals surface area (Å²) in [4.78, 5) is 24.2. The summed E-state index contributed by atoms with van der Waals surface area (Å²) in [5.74, 6) is 0.910. The van der Waals surface area contributed by atoms with E-state index in [9.17, 15) is 4.79 Å². The van der Waals surface area contributed by atoms with Gasteiger partial charge in [-0.05, 0) is 43.5 Å². The number of methoxy groups -OCH3 is 2. The van der Waals surface area contributed by atoms with Gasteiger partial charge in [0, 0.05) is 62.1 Å². The minimum absolute atomic E-state index is 0.196. The molecule has 4 rings (SSSR count). The zero-order valence-corrected chi connectivity index (χ0v) is 22.8. The van der Waals surface area contributed by atoms with Crippen LogP contribution >= 0.6 is 11.6 Å². The van der Waals surface area contributed by atoms with Crippen LogP contribution in [0.4, 0.5) is 17.2 Å². The number of hydrogen-bond acceptors (Lipinski definition) is 8. The van der Waals surface area contributed by atoms with Crippen molar-refractivity contribution >= 4 is 45.6 Å². The smallest absolute Gasteiger partial charge is 0.248 e. The van der Waals surface area contributed by atoms with Crippen molar-refractivity contribution in [3.05, 3.63) is 58.9 Å². The topological polar surface area (TPSA) is 97.8 Å². The molecule has 1 aliphatic rings. The van der Waals surface area contributed by atoms with Gasteiger partial charge in [0.05, 0.1) is 24.4 Å². The molecular weight excluding hydrogens is 506 g/mol. The van der Waals surface area contributed by atoms with Crippen LogP contribution in [0.2, 0.25) is 5.02 Å². The first kappa shape index (κ1) is 27.8. The Balaban J connectivity index is 1.57. The molecule has 0 radical (unpaired) electrons. The van der Waals surface area contributed by atoms with Crippen molar-refractivity contribution in [1.82, 2.24) is 14.9 Å². The highest BCUT2D eigenvalue weighted by atomic mass is 35.5. The van der Waals surface area contributed by atoms with Crippen LogP contribution < -0.4 is 15.4 Å². The third kappa shape index (κ3) is 7.41. The summed E-state index contributed by atoms with van der Waals surface area (Å²) in [5.41, 5.74) is 4.12. The number of anilines is 3. The number of amides is 1. The number of ether oxygens (including phenoxy) is 3. The number of aryl methyl sites for hydroxylation is 1. The molecule has 2 heterocycles. The average molecular weight is 540 g/mol. The number of likely N-dealkylation sites (tertiary alicyclic amines) is 1. The van der Waals surface area contributed by atoms with Crippen molar-refractivity contribution in [1.29, 1.82) is 0 Å². The Morgan fingerprint density at radius 1 is 1.08 bits per heavy atom. The SMILES string of the molecule is COCCOc1cc2ncnc(Nc3ccc(C)c(Cl)c3)c2cc1NC(=O)C=C1CCN(CCOC)CC1. The maximum atomic E-state index is 13.0. The van der Waals surface area contributed by atoms with E-state index in [-0.39, 0.29) is 5.91 Å². The van der Waals surface area contributed by atoms with Gasteiger partial charge in [0.15, 0.2) is 0 Å². The van der Waals surface area contributed by atoms with Gasteiger partial charge >= 0.3 is 0 Å². The van der Waals surface area contributed by atoms with Crippen LogP contribution in [0.3, 0.4) is 0 Å². The lowest BCUT2D eigenvalue weighted by Crippen LogP contribution is -2.33. The summed E-state index contributed by atoms with van der Waals surface area (Å²) in [6.45, 7) is 6.15. The Hall–Kier alpha value is -3.24. The van der Waals surface area contributed by atoms with Gasteiger partial charge in [0.25, 0.3) is 0 Å². The van der Waals surface area contributed by atoms with E-state index in [1.807, 2.05) is 31.2 Å². The normalized spacial score (nSPS) is 13.9. The van der Waals surface area contributed by atoms with Crippen LogP contribution in [0.1, 0.15) is 18.4 Å². The number of hydrogen-bond donors (Lipinski definition) is 2. The first-order valence-corrected chi connectivity index (χ1v) is 13.0. The van der Waals surface area contributed by atoms with Crippen LogP contribution in [0, 0.1) is 6.92 Å². The summed E-state index contributed by atoms with van der Waals surface area (Å²) >= 11 is 6.31. The Labute approximate surface area is 228 Å². The molecule has 2 aromatic carbocycles. The molecule has 9 nitrogen and oxygen atoms in total. The third-order valence-corrected chi connectivity index (χ3v) is 6.83. The van der Waals surface area contributed by atoms with Gasteiger partial charge in [-0.25, -0.2) is 9.97 Å². The van der Waals surface area contributed by atoms with Crippen molar-refractivity contribution in [2.24, 2.45) is 0 Å². The number of nitrogens with zero attached hydrogens (tertiary/aromatic N) is 3. The number of carbonyl (C=O) groups excluding carboxylic acids is 1. The molecule has 0 atom stereocenters. The maximum Gasteiger partial charge on any atom is 0.248 e. The molecule has 10 heteroatoms. The third-order valence-electron chi connectivity index (χ3n) is 6.42. The largest absolute Gasteiger partial charge is 0.489 e. The first-order chi connectivity index (χ1) is 18.5. The van der Waals surface area contributed by atoms with E-state index in [1.165, 1.54) is 6.33 Å². The summed E-state index contributed by atoms with van der Waals surface area (Å²) in [7, 11) is 3.32. The van der Waals surface area contributed by atoms with Gasteiger partial charge in [0.1, 0.15) is 24.5 Å². The molecule has 0 aliphatic carbocycles. The highest BCUT2D eigenvalue weighted by molar-refractivity contribution is 6.31. The number of piperidine rings is 1. The van der Waals surface area contributed by atoms with Crippen LogP contribution in [-0.4, -0.2) is 74.4 Å². The number of carbonyl (C=O) groups is 1. The maximum absolute atomic E-state index is 13.0. The lowest BCUT2D eigenvalue weighted by molar-refractivity contribution is -0.112. The fourth-order valence-electron chi connectivity index (χ4n) is 4.23. The Kier molecular flexibility index (Phi) is 9.89. The highest BCUT2D eigenvalue weighted by Gasteiger charge is 2.17. The second-order valence-corrected chi connectivity index (χ2v) is 9.55. The average Bonchev–Trinajstić information content (AvgIpc) is 2.91. The fourth-order valence-corrected chi connectivity index (χ4v) is 4.41. The molecule has 0 unspecified atom stereocenters. The molecule has 1 aliphatic heterocycles. The second-order valence-electron chi connectivity index (χ2n) is 9.14. The number of nitrogens with one attached hydrogen (secondary N) is 2. The van der Waals surface area contributed by atoms with Crippen molar-refractivity contribution < 1.29 is 19.0 Å². The van der Waals surface area contributed by atoms with E-state index >= 15 is 0 Å². The molecule has 3 aromatic rings. The minimum atomic E-state index is -0.196. The molecule has 1 aromatic heterocycles. The van der Waals surface area contributed by atoms with Crippen LogP contribution in [0.25, 0.3) is 10.9 Å². The number of benzene rings is 2. The number of rotatable bonds is 11. The molecular formula is C28H34ClN5O4. The van der Waals surface area contributed by atoms with E-state index in [1.54, 1.807) is 26.4 Å². The summed E-state index contributed by atoms with van der Waals surface area (Å²) < 4.78 is 16.2. The van der Waals surface area contributed by atoms with Crippen molar-refractivity contribution in [3.8, 4) is 5.75 Å². The van der Waals surface area contributed by atoms with Gasteiger partial charge in [-0.1, -0.05) is 23.2 Å². The Morgan fingerprint density at radius 3 is 2.61 bits per heavy atom. The lowest BCUT2D eigenvalue weighted by atomic mass is 10.0. The zero-order chi connectivity index (χ0) is 26.9. The lowest BCUT2D eigenvalue weighted by Gasteiger charge is -2.27. The zero-order valence-electron chi connectivity index (χ0n) is 22.1. The van der Waals surface area contributed by atoms with Gasteiger partial charge in [0.2, 0.25) is 5.91 Å². The highest BCUT2D eigenvalue weighted by Crippen LogP contribution is 2.34. The van der Waals surface area contributed by atoms with Gasteiger partial charge < -0.3 is 29.7 Å². The van der Waals surface area contributed by atoms with E-state index in [0.29, 0.717) is 47.6 Å². The fraction of sp³-hybridized carbons (Fsp3) is 0.393. The molecule has 2 N–H and O–H groups in total. The summed E-state index contributed by atoms with van der Waals surface area (Å²) in [6.07, 6.45) is 4.90. The molecule has 1 amide bonds. The van der Waals surface area contributed by atoms with Crippen molar-refractivity contribution in [3.63, 3.8) is 0 Å². The minimum Gasteiger partial charge on any atom is -0.489 e. The molecule has 0 bridgehead atoms. The Bertz CT molecular complexity index is 1290. The van der Waals surface area contributed by atoms with Crippen LogP contribution in [0.15, 0.2) is 48.3 Å². The van der Waals surface area contributed by atoms with E-state index < -0.39 is 0 Å². The Morgan fingerprint density at radius 2 is 1.87 bits per heavy atom. The molecule has 202 valence electrons. The van der Waals surface area contributed by atoms with Crippen molar-refractivity contribution in [2.75, 3.05) is 64.3 Å². The van der Waals surface area contributed by atoms with Crippen LogP contribution in [-0.2, 0) is 14.3 Å². The second kappa shape index (κ2) is 13.5. The van der Waals surface area contributed by atoms with Gasteiger partial charge in [-0.15, -0.1) is 0 Å². The molecule has 1 fully saturated rings. The summed E-state index contributed by atoms with van der Waals surface area (Å²) in [6, 6.07) is 9.36. The van der Waals surface area contributed by atoms with E-state index in [0.717, 1.165) is 54.7 Å². The van der Waals surface area contributed by atoms with E-state index in [2.05, 4.69) is 25.5 Å². The first-order valence-electron chi connectivity index (χ1n) is 12.6. The van der Waals surface area contributed by atoms with Gasteiger partial charge in [-0.2, -0.15) is 0 Å². The molecule has 0 spiro atoms. The molecule has 0 saturated carbocycles. The quantitative estimate of drug-likeness (QED) is 0.260. The van der Waals surface area contributed by atoms with Gasteiger partial charge in [-0.3, -0.25) is 4.79 Å². The monoisotopic (exact) mass is 539 g/mol. The van der Waals surface area contributed by atoms with Crippen LogP contribution in [0.5, 0.6) is 5.75 Å². The predicted octanol–water partition coefficient (Wildman–Crippen LogP) is 4.97.